The number of aryl methyl sites for hydroxylation is 1. The zero-order valence-electron chi connectivity index (χ0n) is 13.0. The number of rotatable bonds is 4. The second kappa shape index (κ2) is 6.13. The summed E-state index contributed by atoms with van der Waals surface area (Å²) in [6.07, 6.45) is 2.43. The highest BCUT2D eigenvalue weighted by molar-refractivity contribution is 5.95. The van der Waals surface area contributed by atoms with Gasteiger partial charge < -0.3 is 10.2 Å². The lowest BCUT2D eigenvalue weighted by molar-refractivity contribution is 0.101. The van der Waals surface area contributed by atoms with Crippen LogP contribution in [0, 0.1) is 6.92 Å². The summed E-state index contributed by atoms with van der Waals surface area (Å²) < 4.78 is 0. The van der Waals surface area contributed by atoms with Crippen LogP contribution < -0.4 is 10.2 Å². The van der Waals surface area contributed by atoms with Gasteiger partial charge in [-0.2, -0.15) is 0 Å². The number of ketones is 1. The van der Waals surface area contributed by atoms with Crippen molar-refractivity contribution in [1.29, 1.82) is 0 Å². The Bertz CT molecular complexity index is 693. The smallest absolute Gasteiger partial charge is 0.159 e. The molecule has 1 aliphatic heterocycles. The monoisotopic (exact) mass is 296 g/mol. The normalized spacial score (nSPS) is 14.2. The topological polar surface area (TPSA) is 58.1 Å². The highest BCUT2D eigenvalue weighted by Gasteiger charge is 2.15. The van der Waals surface area contributed by atoms with Crippen molar-refractivity contribution in [2.45, 2.75) is 26.7 Å². The number of hydrogen-bond acceptors (Lipinski definition) is 5. The van der Waals surface area contributed by atoms with Crippen molar-refractivity contribution >= 4 is 23.1 Å². The van der Waals surface area contributed by atoms with Crippen molar-refractivity contribution in [2.24, 2.45) is 0 Å². The minimum absolute atomic E-state index is 0.0558. The molecule has 1 aromatic heterocycles. The Morgan fingerprint density at radius 2 is 1.95 bits per heavy atom. The van der Waals surface area contributed by atoms with Gasteiger partial charge in [0.15, 0.2) is 5.78 Å². The Balaban J connectivity index is 1.85. The molecule has 0 saturated carbocycles. The van der Waals surface area contributed by atoms with Gasteiger partial charge in [0.05, 0.1) is 0 Å². The molecule has 0 amide bonds. The molecular weight excluding hydrogens is 276 g/mol. The molecule has 0 unspecified atom stereocenters. The van der Waals surface area contributed by atoms with Gasteiger partial charge in [0.2, 0.25) is 0 Å². The second-order valence-electron chi connectivity index (χ2n) is 5.61. The lowest BCUT2D eigenvalue weighted by Crippen LogP contribution is -2.19. The van der Waals surface area contributed by atoms with E-state index < -0.39 is 0 Å². The molecule has 0 atom stereocenters. The summed E-state index contributed by atoms with van der Waals surface area (Å²) in [4.78, 5) is 22.7. The van der Waals surface area contributed by atoms with Crippen LogP contribution in [0.5, 0.6) is 0 Å². The first-order valence-corrected chi connectivity index (χ1v) is 7.60. The number of carbonyl (C=O) groups excluding carboxylic acids is 1. The number of Topliss-reactive ketones (excluding diaryl/α,β-unsaturated/α-hetero) is 1. The van der Waals surface area contributed by atoms with Crippen molar-refractivity contribution in [3.63, 3.8) is 0 Å². The second-order valence-corrected chi connectivity index (χ2v) is 5.61. The van der Waals surface area contributed by atoms with Crippen LogP contribution in [0.4, 0.5) is 17.3 Å². The van der Waals surface area contributed by atoms with Gasteiger partial charge in [0.1, 0.15) is 17.5 Å². The third-order valence-corrected chi connectivity index (χ3v) is 3.80. The van der Waals surface area contributed by atoms with Gasteiger partial charge in [-0.1, -0.05) is 12.1 Å². The first-order chi connectivity index (χ1) is 10.6. The van der Waals surface area contributed by atoms with Gasteiger partial charge in [-0.3, -0.25) is 4.79 Å². The zero-order valence-corrected chi connectivity index (χ0v) is 13.0. The minimum Gasteiger partial charge on any atom is -0.356 e. The van der Waals surface area contributed by atoms with E-state index in [1.54, 1.807) is 6.92 Å². The summed E-state index contributed by atoms with van der Waals surface area (Å²) >= 11 is 0. The molecule has 0 aliphatic carbocycles. The number of benzene rings is 1. The first-order valence-electron chi connectivity index (χ1n) is 7.60. The number of nitrogens with zero attached hydrogens (tertiary/aromatic N) is 3. The Kier molecular flexibility index (Phi) is 4.04. The van der Waals surface area contributed by atoms with Crippen molar-refractivity contribution in [3.05, 3.63) is 41.7 Å². The van der Waals surface area contributed by atoms with Gasteiger partial charge >= 0.3 is 0 Å². The zero-order chi connectivity index (χ0) is 15.5. The lowest BCUT2D eigenvalue weighted by atomic mass is 10.1. The molecule has 0 bridgehead atoms. The average Bonchev–Trinajstić information content (AvgIpc) is 3.01. The fourth-order valence-electron chi connectivity index (χ4n) is 2.69. The van der Waals surface area contributed by atoms with E-state index in [1.807, 2.05) is 37.3 Å². The van der Waals surface area contributed by atoms with E-state index in [0.717, 1.165) is 36.2 Å². The van der Waals surface area contributed by atoms with Crippen LogP contribution in [0.2, 0.25) is 0 Å². The van der Waals surface area contributed by atoms with E-state index >= 15 is 0 Å². The van der Waals surface area contributed by atoms with E-state index in [4.69, 9.17) is 0 Å². The Morgan fingerprint density at radius 3 is 2.68 bits per heavy atom. The molecule has 1 saturated heterocycles. The van der Waals surface area contributed by atoms with Gasteiger partial charge in [0.25, 0.3) is 0 Å². The fourth-order valence-corrected chi connectivity index (χ4v) is 2.69. The van der Waals surface area contributed by atoms with Crippen molar-refractivity contribution in [3.8, 4) is 0 Å². The van der Waals surface area contributed by atoms with Crippen LogP contribution in [0.1, 0.15) is 35.9 Å². The average molecular weight is 296 g/mol. The minimum atomic E-state index is 0.0558. The van der Waals surface area contributed by atoms with Crippen molar-refractivity contribution < 1.29 is 4.79 Å². The van der Waals surface area contributed by atoms with Gasteiger partial charge in [-0.05, 0) is 38.8 Å². The highest BCUT2D eigenvalue weighted by Crippen LogP contribution is 2.23. The molecule has 0 radical (unpaired) electrons. The molecule has 2 heterocycles. The number of carbonyl (C=O) groups is 1. The van der Waals surface area contributed by atoms with Crippen molar-refractivity contribution in [1.82, 2.24) is 9.97 Å². The molecule has 22 heavy (non-hydrogen) atoms. The van der Waals surface area contributed by atoms with Crippen LogP contribution in [0.3, 0.4) is 0 Å². The van der Waals surface area contributed by atoms with E-state index in [9.17, 15) is 4.79 Å². The number of anilines is 3. The summed E-state index contributed by atoms with van der Waals surface area (Å²) in [6, 6.07) is 9.43. The molecule has 114 valence electrons. The largest absolute Gasteiger partial charge is 0.356 e. The predicted octanol–water partition coefficient (Wildman–Crippen LogP) is 3.33. The first kappa shape index (κ1) is 14.5. The number of aromatic nitrogens is 2. The lowest BCUT2D eigenvalue weighted by Gasteiger charge is -2.18. The molecule has 2 aromatic rings. The Labute approximate surface area is 130 Å². The van der Waals surface area contributed by atoms with Gasteiger partial charge in [0, 0.05) is 30.4 Å². The summed E-state index contributed by atoms with van der Waals surface area (Å²) in [6.45, 7) is 5.57. The molecule has 1 aromatic carbocycles. The van der Waals surface area contributed by atoms with Crippen LogP contribution in [0.25, 0.3) is 0 Å². The number of nitrogens with one attached hydrogen (secondary N) is 1. The maximum Gasteiger partial charge on any atom is 0.159 e. The molecule has 1 aliphatic rings. The summed E-state index contributed by atoms with van der Waals surface area (Å²) in [5.41, 5.74) is 1.55. The highest BCUT2D eigenvalue weighted by atomic mass is 16.1. The molecule has 1 N–H and O–H groups in total. The van der Waals surface area contributed by atoms with E-state index in [0.29, 0.717) is 5.56 Å². The van der Waals surface area contributed by atoms with E-state index in [-0.39, 0.29) is 5.78 Å². The Hall–Kier alpha value is -2.43. The molecule has 3 rings (SSSR count). The van der Waals surface area contributed by atoms with Crippen LogP contribution >= 0.6 is 0 Å². The maximum atomic E-state index is 11.5. The molecule has 0 spiro atoms. The molecule has 1 fully saturated rings. The van der Waals surface area contributed by atoms with Crippen LogP contribution in [-0.2, 0) is 0 Å². The third kappa shape index (κ3) is 3.24. The van der Waals surface area contributed by atoms with Crippen LogP contribution in [-0.4, -0.2) is 28.8 Å². The standard InChI is InChI=1S/C17H20N4O/c1-12(22)14-6-5-7-15(10-14)20-16-11-17(19-13(2)18-16)21-8-3-4-9-21/h5-7,10-11H,3-4,8-9H2,1-2H3,(H,18,19,20). The third-order valence-electron chi connectivity index (χ3n) is 3.80. The maximum absolute atomic E-state index is 11.5. The predicted molar refractivity (Wildman–Crippen MR) is 87.9 cm³/mol. The fraction of sp³-hybridized carbons (Fsp3) is 0.353. The quantitative estimate of drug-likeness (QED) is 0.877. The Morgan fingerprint density at radius 1 is 1.18 bits per heavy atom. The van der Waals surface area contributed by atoms with Crippen molar-refractivity contribution in [2.75, 3.05) is 23.3 Å². The van der Waals surface area contributed by atoms with Crippen LogP contribution in [0.15, 0.2) is 30.3 Å². The number of hydrogen-bond donors (Lipinski definition) is 1. The van der Waals surface area contributed by atoms with Gasteiger partial charge in [-0.25, -0.2) is 9.97 Å². The summed E-state index contributed by atoms with van der Waals surface area (Å²) in [7, 11) is 0. The summed E-state index contributed by atoms with van der Waals surface area (Å²) in [5.74, 6) is 2.53. The molecular formula is C17H20N4O. The van der Waals surface area contributed by atoms with E-state index in [2.05, 4.69) is 20.2 Å². The summed E-state index contributed by atoms with van der Waals surface area (Å²) in [5, 5.41) is 3.27. The SMILES string of the molecule is CC(=O)c1cccc(Nc2cc(N3CCCC3)nc(C)n2)c1. The van der Waals surface area contributed by atoms with E-state index in [1.165, 1.54) is 12.8 Å². The molecule has 5 heteroatoms. The molecule has 5 nitrogen and oxygen atoms in total. The van der Waals surface area contributed by atoms with Gasteiger partial charge in [-0.15, -0.1) is 0 Å².